The van der Waals surface area contributed by atoms with Crippen molar-refractivity contribution in [2.75, 3.05) is 6.61 Å². The smallest absolute Gasteiger partial charge is 0.173 e. The first kappa shape index (κ1) is 21.1. The molecule has 3 heterocycles. The molecule has 3 N–H and O–H groups in total. The molecule has 8 atom stereocenters. The van der Waals surface area contributed by atoms with Gasteiger partial charge in [0.15, 0.2) is 5.78 Å². The summed E-state index contributed by atoms with van der Waals surface area (Å²) in [5.74, 6) is -1.04. The Hall–Kier alpha value is -1.58. The van der Waals surface area contributed by atoms with Crippen molar-refractivity contribution in [1.29, 1.82) is 0 Å². The van der Waals surface area contributed by atoms with Crippen LogP contribution in [0.25, 0.3) is 0 Å². The normalized spacial score (nSPS) is 34.6. The Kier molecular flexibility index (Phi) is 6.67. The zero-order valence-corrected chi connectivity index (χ0v) is 16.1. The van der Waals surface area contributed by atoms with Crippen LogP contribution in [0.5, 0.6) is 0 Å². The van der Waals surface area contributed by atoms with Crippen molar-refractivity contribution in [3.63, 3.8) is 0 Å². The number of ketones is 2. The van der Waals surface area contributed by atoms with Crippen LogP contribution in [0, 0.1) is 11.8 Å². The molecule has 0 spiro atoms. The van der Waals surface area contributed by atoms with E-state index >= 15 is 0 Å². The Bertz CT molecular complexity index is 670. The van der Waals surface area contributed by atoms with Gasteiger partial charge in [0, 0.05) is 18.3 Å². The lowest BCUT2D eigenvalue weighted by Crippen LogP contribution is -2.51. The molecule has 0 saturated carbocycles. The first-order chi connectivity index (χ1) is 13.3. The molecule has 1 aromatic heterocycles. The van der Waals surface area contributed by atoms with Crippen molar-refractivity contribution < 1.29 is 38.8 Å². The maximum Gasteiger partial charge on any atom is 0.173 e. The average molecular weight is 396 g/mol. The molecule has 1 aromatic rings. The molecule has 2 aliphatic rings. The molecule has 8 nitrogen and oxygen atoms in total. The highest BCUT2D eigenvalue weighted by Crippen LogP contribution is 2.38. The summed E-state index contributed by atoms with van der Waals surface area (Å²) < 4.78 is 16.0. The fourth-order valence-electron chi connectivity index (χ4n) is 3.71. The van der Waals surface area contributed by atoms with Gasteiger partial charge < -0.3 is 29.2 Å². The molecule has 28 heavy (non-hydrogen) atoms. The van der Waals surface area contributed by atoms with Crippen LogP contribution < -0.4 is 0 Å². The number of Topliss-reactive ketones (excluding diaryl/α,β-unsaturated/α-hetero) is 2. The Morgan fingerprint density at radius 3 is 2.61 bits per heavy atom. The molecule has 0 aliphatic carbocycles. The van der Waals surface area contributed by atoms with Crippen molar-refractivity contribution in [3.8, 4) is 0 Å². The zero-order valence-electron chi connectivity index (χ0n) is 16.1. The summed E-state index contributed by atoms with van der Waals surface area (Å²) in [4.78, 5) is 24.1. The third-order valence-corrected chi connectivity index (χ3v) is 5.80. The molecule has 0 bridgehead atoms. The van der Waals surface area contributed by atoms with Crippen LogP contribution in [0.15, 0.2) is 23.0 Å². The van der Waals surface area contributed by atoms with E-state index in [0.717, 1.165) is 0 Å². The van der Waals surface area contributed by atoms with Crippen molar-refractivity contribution in [1.82, 2.24) is 0 Å². The van der Waals surface area contributed by atoms with Crippen LogP contribution in [0.4, 0.5) is 0 Å². The first-order valence-electron chi connectivity index (χ1n) is 9.66. The number of aliphatic hydroxyl groups excluding tert-OH is 3. The van der Waals surface area contributed by atoms with Gasteiger partial charge in [-0.3, -0.25) is 9.59 Å². The second-order valence-electron chi connectivity index (χ2n) is 7.94. The first-order valence-corrected chi connectivity index (χ1v) is 9.66. The molecule has 156 valence electrons. The molecular weight excluding hydrogens is 368 g/mol. The molecule has 0 radical (unpaired) electrons. The number of furan rings is 1. The lowest BCUT2D eigenvalue weighted by Gasteiger charge is -2.37. The second-order valence-corrected chi connectivity index (χ2v) is 7.94. The largest absolute Gasteiger partial charge is 0.472 e. The van der Waals surface area contributed by atoms with E-state index in [-0.39, 0.29) is 55.1 Å². The Morgan fingerprint density at radius 2 is 1.96 bits per heavy atom. The van der Waals surface area contributed by atoms with Gasteiger partial charge in [0.2, 0.25) is 0 Å². The van der Waals surface area contributed by atoms with Crippen LogP contribution in [0.2, 0.25) is 0 Å². The van der Waals surface area contributed by atoms with E-state index in [1.54, 1.807) is 6.92 Å². The molecule has 2 aliphatic heterocycles. The highest BCUT2D eigenvalue weighted by atomic mass is 16.6. The molecule has 2 fully saturated rings. The van der Waals surface area contributed by atoms with Crippen molar-refractivity contribution >= 4 is 11.6 Å². The zero-order chi connectivity index (χ0) is 20.4. The fraction of sp³-hybridized carbons (Fsp3) is 0.700. The number of ether oxygens (including phenoxy) is 2. The SMILES string of the molecule is C[C@H]([C@@H]1O[C@H]1C[C@H]1CO[C@@H](CC(=O)CC(=O)c2ccoc2)[C@H](O)[C@@H]1O)[C@H](C)O. The lowest BCUT2D eigenvalue weighted by molar-refractivity contribution is -0.170. The van der Waals surface area contributed by atoms with Gasteiger partial charge in [-0.2, -0.15) is 0 Å². The monoisotopic (exact) mass is 396 g/mol. The van der Waals surface area contributed by atoms with E-state index in [9.17, 15) is 24.9 Å². The van der Waals surface area contributed by atoms with Gasteiger partial charge >= 0.3 is 0 Å². The lowest BCUT2D eigenvalue weighted by atomic mass is 9.85. The van der Waals surface area contributed by atoms with Gasteiger partial charge in [-0.25, -0.2) is 0 Å². The summed E-state index contributed by atoms with van der Waals surface area (Å²) in [6, 6.07) is 1.49. The Labute approximate surface area is 163 Å². The summed E-state index contributed by atoms with van der Waals surface area (Å²) in [6.07, 6.45) is -1.00. The predicted octanol–water partition coefficient (Wildman–Crippen LogP) is 0.723. The molecule has 3 rings (SSSR count). The minimum atomic E-state index is -1.21. The fourth-order valence-corrected chi connectivity index (χ4v) is 3.71. The maximum atomic E-state index is 12.2. The van der Waals surface area contributed by atoms with Crippen LogP contribution >= 0.6 is 0 Å². The van der Waals surface area contributed by atoms with E-state index in [4.69, 9.17) is 13.9 Å². The van der Waals surface area contributed by atoms with Crippen LogP contribution in [-0.2, 0) is 14.3 Å². The maximum absolute atomic E-state index is 12.2. The number of epoxide rings is 1. The molecule has 0 amide bonds. The van der Waals surface area contributed by atoms with Crippen LogP contribution in [0.1, 0.15) is 43.5 Å². The average Bonchev–Trinajstić information content (AvgIpc) is 3.17. The number of carbonyl (C=O) groups excluding carboxylic acids is 2. The summed E-state index contributed by atoms with van der Waals surface area (Å²) in [7, 11) is 0. The third-order valence-electron chi connectivity index (χ3n) is 5.80. The summed E-state index contributed by atoms with van der Waals surface area (Å²) in [6.45, 7) is 3.82. The standard InChI is InChI=1S/C20H28O8/c1-10(11(2)21)20-17(28-20)5-13-9-27-16(19(25)18(13)24)7-14(22)6-15(23)12-3-4-26-8-12/h3-4,8,10-11,13,16-21,24-25H,5-7,9H2,1-2H3/t10-,11-,13-,16-,17-,18+,19-,20-/m0/s1. The number of aliphatic hydroxyl groups is 3. The van der Waals surface area contributed by atoms with E-state index in [2.05, 4.69) is 0 Å². The third kappa shape index (κ3) is 4.87. The van der Waals surface area contributed by atoms with Gasteiger partial charge in [0.05, 0.1) is 55.4 Å². The van der Waals surface area contributed by atoms with Gasteiger partial charge in [-0.05, 0) is 19.4 Å². The number of hydrogen-bond acceptors (Lipinski definition) is 8. The van der Waals surface area contributed by atoms with Gasteiger partial charge in [0.1, 0.15) is 18.2 Å². The van der Waals surface area contributed by atoms with Crippen molar-refractivity contribution in [2.45, 2.75) is 69.7 Å². The molecule has 0 unspecified atom stereocenters. The minimum Gasteiger partial charge on any atom is -0.472 e. The predicted molar refractivity (Wildman–Crippen MR) is 96.6 cm³/mol. The van der Waals surface area contributed by atoms with Crippen LogP contribution in [0.3, 0.4) is 0 Å². The summed E-state index contributed by atoms with van der Waals surface area (Å²) >= 11 is 0. The molecule has 2 saturated heterocycles. The van der Waals surface area contributed by atoms with Gasteiger partial charge in [0.25, 0.3) is 0 Å². The van der Waals surface area contributed by atoms with Gasteiger partial charge in [-0.1, -0.05) is 6.92 Å². The quantitative estimate of drug-likeness (QED) is 0.316. The number of carbonyl (C=O) groups is 2. The van der Waals surface area contributed by atoms with Crippen molar-refractivity contribution in [2.24, 2.45) is 11.8 Å². The molecule has 0 aromatic carbocycles. The second kappa shape index (κ2) is 8.84. The molecule has 8 heteroatoms. The van der Waals surface area contributed by atoms with E-state index < -0.39 is 24.4 Å². The molecular formula is C20H28O8. The minimum absolute atomic E-state index is 0.00490. The number of rotatable bonds is 9. The van der Waals surface area contributed by atoms with Crippen molar-refractivity contribution in [3.05, 3.63) is 24.2 Å². The highest BCUT2D eigenvalue weighted by Gasteiger charge is 2.48. The topological polar surface area (TPSA) is 130 Å². The van der Waals surface area contributed by atoms with E-state index in [1.807, 2.05) is 6.92 Å². The van der Waals surface area contributed by atoms with E-state index in [0.29, 0.717) is 12.0 Å². The van der Waals surface area contributed by atoms with Crippen LogP contribution in [-0.4, -0.2) is 70.1 Å². The van der Waals surface area contributed by atoms with E-state index in [1.165, 1.54) is 18.6 Å². The van der Waals surface area contributed by atoms with Gasteiger partial charge in [-0.15, -0.1) is 0 Å². The number of hydrogen-bond donors (Lipinski definition) is 3. The Balaban J connectivity index is 1.46. The highest BCUT2D eigenvalue weighted by molar-refractivity contribution is 6.07. The summed E-state index contributed by atoms with van der Waals surface area (Å²) in [5, 5.41) is 30.4. The Morgan fingerprint density at radius 1 is 1.21 bits per heavy atom. The summed E-state index contributed by atoms with van der Waals surface area (Å²) in [5.41, 5.74) is 0.323.